The van der Waals surface area contributed by atoms with Crippen molar-refractivity contribution in [2.45, 2.75) is 25.7 Å². The second kappa shape index (κ2) is 8.35. The zero-order chi connectivity index (χ0) is 26.2. The van der Waals surface area contributed by atoms with Crippen LogP contribution >= 0.6 is 11.6 Å². The molecule has 0 aromatic heterocycles. The lowest BCUT2D eigenvalue weighted by Crippen LogP contribution is -2.39. The number of benzene rings is 2. The molecule has 186 valence electrons. The maximum atomic E-state index is 14.5. The second-order valence-corrected chi connectivity index (χ2v) is 10.4. The number of rotatable bonds is 2. The number of halogens is 2. The highest BCUT2D eigenvalue weighted by Gasteiger charge is 2.56. The van der Waals surface area contributed by atoms with Gasteiger partial charge in [0.05, 0.1) is 17.5 Å². The molecular formula is C29H21ClFNO5. The summed E-state index contributed by atoms with van der Waals surface area (Å²) in [5, 5.41) is 10.2. The average molecular weight is 518 g/mol. The van der Waals surface area contributed by atoms with Crippen LogP contribution in [0.1, 0.15) is 31.2 Å². The molecule has 4 unspecified atom stereocenters. The van der Waals surface area contributed by atoms with Crippen LogP contribution in [0.3, 0.4) is 0 Å². The Morgan fingerprint density at radius 3 is 2.43 bits per heavy atom. The molecule has 4 atom stereocenters. The molecule has 6 nitrogen and oxygen atoms in total. The van der Waals surface area contributed by atoms with Gasteiger partial charge in [0, 0.05) is 27.7 Å². The van der Waals surface area contributed by atoms with Gasteiger partial charge in [-0.1, -0.05) is 29.3 Å². The number of ketones is 2. The normalized spacial score (nSPS) is 27.1. The number of hydrogen-bond acceptors (Lipinski definition) is 5. The molecule has 0 bridgehead atoms. The van der Waals surface area contributed by atoms with Gasteiger partial charge in [0.25, 0.3) is 0 Å². The number of Topliss-reactive ketones (excluding diaryl/α,β-unsaturated/α-hetero) is 1. The quantitative estimate of drug-likeness (QED) is 0.350. The van der Waals surface area contributed by atoms with Crippen molar-refractivity contribution in [1.82, 2.24) is 0 Å². The van der Waals surface area contributed by atoms with Crippen LogP contribution in [0.4, 0.5) is 10.1 Å². The van der Waals surface area contributed by atoms with Gasteiger partial charge in [-0.3, -0.25) is 24.1 Å². The lowest BCUT2D eigenvalue weighted by Gasteiger charge is -2.42. The van der Waals surface area contributed by atoms with Gasteiger partial charge in [-0.25, -0.2) is 4.39 Å². The van der Waals surface area contributed by atoms with E-state index in [1.807, 2.05) is 6.08 Å². The molecule has 1 saturated heterocycles. The zero-order valence-electron chi connectivity index (χ0n) is 19.7. The Morgan fingerprint density at radius 1 is 1.00 bits per heavy atom. The monoisotopic (exact) mass is 517 g/mol. The van der Waals surface area contributed by atoms with Gasteiger partial charge in [-0.05, 0) is 73.7 Å². The number of phenolic OH excluding ortho intramolecular Hbond substituents is 1. The number of nitrogens with zero attached hydrogens (tertiary/aromatic N) is 1. The van der Waals surface area contributed by atoms with Crippen molar-refractivity contribution < 1.29 is 28.7 Å². The molecule has 2 aromatic carbocycles. The van der Waals surface area contributed by atoms with E-state index in [0.717, 1.165) is 11.6 Å². The smallest absolute Gasteiger partial charge is 0.238 e. The van der Waals surface area contributed by atoms with Crippen molar-refractivity contribution in [2.75, 3.05) is 4.90 Å². The third-order valence-corrected chi connectivity index (χ3v) is 8.21. The molecule has 0 saturated carbocycles. The predicted octanol–water partition coefficient (Wildman–Crippen LogP) is 4.82. The fraction of sp³-hybridized carbons (Fsp3) is 0.241. The number of amides is 2. The molecule has 1 fully saturated rings. The van der Waals surface area contributed by atoms with E-state index < -0.39 is 35.2 Å². The predicted molar refractivity (Wildman–Crippen MR) is 133 cm³/mol. The van der Waals surface area contributed by atoms with Gasteiger partial charge in [0.15, 0.2) is 23.1 Å². The van der Waals surface area contributed by atoms with E-state index >= 15 is 0 Å². The molecular weight excluding hydrogens is 497 g/mol. The molecule has 4 aliphatic rings. The fourth-order valence-electron chi connectivity index (χ4n) is 6.29. The van der Waals surface area contributed by atoms with E-state index in [0.29, 0.717) is 27.4 Å². The van der Waals surface area contributed by atoms with Crippen LogP contribution in [-0.4, -0.2) is 28.5 Å². The summed E-state index contributed by atoms with van der Waals surface area (Å²) in [6.45, 7) is 1.57. The Labute approximate surface area is 216 Å². The highest BCUT2D eigenvalue weighted by molar-refractivity contribution is 6.31. The minimum absolute atomic E-state index is 0.140. The highest BCUT2D eigenvalue weighted by Crippen LogP contribution is 2.55. The standard InChI is InChI=1S/C29H21ClFNO5/c1-13-10-23(34)20-12-19-17(24(26(20)27(13)35)14-2-9-22(33)21(31)11-14)7-8-18-25(19)29(37)32(28(18)36)16-5-3-15(30)4-6-16/h2-7,9-11,18-19,24-25,33H,8,12H2,1H3. The van der Waals surface area contributed by atoms with Gasteiger partial charge >= 0.3 is 0 Å². The van der Waals surface area contributed by atoms with Crippen LogP contribution in [0.5, 0.6) is 5.75 Å². The third-order valence-electron chi connectivity index (χ3n) is 7.95. The third kappa shape index (κ3) is 3.44. The summed E-state index contributed by atoms with van der Waals surface area (Å²) in [4.78, 5) is 54.8. The number of carbonyl (C=O) groups is 4. The molecule has 37 heavy (non-hydrogen) atoms. The van der Waals surface area contributed by atoms with Crippen LogP contribution in [-0.2, 0) is 19.2 Å². The van der Waals surface area contributed by atoms with Crippen LogP contribution in [0.2, 0.25) is 5.02 Å². The molecule has 2 amide bonds. The Hall–Kier alpha value is -3.84. The Kier molecular flexibility index (Phi) is 5.31. The van der Waals surface area contributed by atoms with E-state index in [2.05, 4.69) is 0 Å². The topological polar surface area (TPSA) is 91.8 Å². The Balaban J connectivity index is 1.49. The average Bonchev–Trinajstić information content (AvgIpc) is 3.13. The first-order chi connectivity index (χ1) is 17.7. The Morgan fingerprint density at radius 2 is 1.73 bits per heavy atom. The molecule has 6 rings (SSSR count). The summed E-state index contributed by atoms with van der Waals surface area (Å²) in [6.07, 6.45) is 3.59. The van der Waals surface area contributed by atoms with Crippen molar-refractivity contribution in [3.05, 3.63) is 93.3 Å². The first kappa shape index (κ1) is 23.6. The largest absolute Gasteiger partial charge is 0.505 e. The van der Waals surface area contributed by atoms with Crippen molar-refractivity contribution >= 4 is 40.7 Å². The Bertz CT molecular complexity index is 1520. The summed E-state index contributed by atoms with van der Waals surface area (Å²) in [7, 11) is 0. The van der Waals surface area contributed by atoms with Crippen LogP contribution in [0.25, 0.3) is 0 Å². The molecule has 3 aliphatic carbocycles. The molecule has 1 aliphatic heterocycles. The van der Waals surface area contributed by atoms with Crippen molar-refractivity contribution in [2.24, 2.45) is 17.8 Å². The number of imide groups is 1. The van der Waals surface area contributed by atoms with Crippen LogP contribution in [0.15, 0.2) is 76.9 Å². The minimum Gasteiger partial charge on any atom is -0.505 e. The number of anilines is 1. The van der Waals surface area contributed by atoms with Gasteiger partial charge in [0.2, 0.25) is 11.8 Å². The van der Waals surface area contributed by atoms with E-state index in [1.165, 1.54) is 23.1 Å². The number of carbonyl (C=O) groups excluding carboxylic acids is 4. The highest BCUT2D eigenvalue weighted by atomic mass is 35.5. The molecule has 0 spiro atoms. The first-order valence-corrected chi connectivity index (χ1v) is 12.4. The van der Waals surface area contributed by atoms with E-state index in [4.69, 9.17) is 11.6 Å². The van der Waals surface area contributed by atoms with Crippen molar-refractivity contribution in [3.8, 4) is 5.75 Å². The van der Waals surface area contributed by atoms with E-state index in [9.17, 15) is 28.7 Å². The number of allylic oxidation sites excluding steroid dienone is 6. The molecule has 2 aromatic rings. The van der Waals surface area contributed by atoms with E-state index in [-0.39, 0.29) is 41.8 Å². The first-order valence-electron chi connectivity index (χ1n) is 12.0. The van der Waals surface area contributed by atoms with Crippen molar-refractivity contribution in [3.63, 3.8) is 0 Å². The fourth-order valence-corrected chi connectivity index (χ4v) is 6.41. The molecule has 0 radical (unpaired) electrons. The van der Waals surface area contributed by atoms with Gasteiger partial charge in [-0.15, -0.1) is 0 Å². The lowest BCUT2D eigenvalue weighted by molar-refractivity contribution is -0.123. The maximum Gasteiger partial charge on any atom is 0.238 e. The second-order valence-electron chi connectivity index (χ2n) is 9.93. The number of phenols is 1. The molecule has 1 heterocycles. The zero-order valence-corrected chi connectivity index (χ0v) is 20.5. The van der Waals surface area contributed by atoms with Gasteiger partial charge in [0.1, 0.15) is 0 Å². The number of fused-ring (bicyclic) bond motifs is 3. The van der Waals surface area contributed by atoms with Gasteiger partial charge < -0.3 is 5.11 Å². The maximum absolute atomic E-state index is 14.5. The molecule has 8 heteroatoms. The number of aromatic hydroxyl groups is 1. The molecule has 1 N–H and O–H groups in total. The SMILES string of the molecule is CC1=CC(=O)C2=C(C1=O)C(c1ccc(O)c(F)c1)C1=CCC3C(=O)N(c4ccc(Cl)cc4)C(=O)C3C1C2. The summed E-state index contributed by atoms with van der Waals surface area (Å²) < 4.78 is 14.5. The summed E-state index contributed by atoms with van der Waals surface area (Å²) in [5.41, 5.74) is 2.41. The van der Waals surface area contributed by atoms with Gasteiger partial charge in [-0.2, -0.15) is 0 Å². The minimum atomic E-state index is -0.848. The number of hydrogen-bond donors (Lipinski definition) is 1. The lowest BCUT2D eigenvalue weighted by atomic mass is 9.59. The van der Waals surface area contributed by atoms with Crippen LogP contribution < -0.4 is 4.90 Å². The summed E-state index contributed by atoms with van der Waals surface area (Å²) in [6, 6.07) is 10.3. The summed E-state index contributed by atoms with van der Waals surface area (Å²) >= 11 is 5.99. The van der Waals surface area contributed by atoms with Crippen molar-refractivity contribution in [1.29, 1.82) is 0 Å². The van der Waals surface area contributed by atoms with Crippen LogP contribution in [0, 0.1) is 23.6 Å². The van der Waals surface area contributed by atoms with E-state index in [1.54, 1.807) is 31.2 Å². The summed E-state index contributed by atoms with van der Waals surface area (Å²) in [5.74, 6) is -5.29.